The molecule has 1 aromatic rings. The van der Waals surface area contributed by atoms with Gasteiger partial charge < -0.3 is 10.1 Å². The molecule has 1 N–H and O–H groups in total. The fourth-order valence-electron chi connectivity index (χ4n) is 2.11. The van der Waals surface area contributed by atoms with Crippen LogP contribution in [0, 0.1) is 0 Å². The number of carbonyl (C=O) groups is 2. The normalized spacial score (nSPS) is 17.7. The number of benzene rings is 1. The van der Waals surface area contributed by atoms with Crippen LogP contribution in [0.1, 0.15) is 26.2 Å². The van der Waals surface area contributed by atoms with Crippen molar-refractivity contribution in [1.29, 1.82) is 0 Å². The minimum absolute atomic E-state index is 0.00200. The molecular formula is C15H19ClN2O3. The molecule has 0 radical (unpaired) electrons. The van der Waals surface area contributed by atoms with Crippen LogP contribution in [0.2, 0.25) is 5.02 Å². The Morgan fingerprint density at radius 2 is 2.14 bits per heavy atom. The molecule has 21 heavy (non-hydrogen) atoms. The van der Waals surface area contributed by atoms with E-state index in [1.807, 2.05) is 6.92 Å². The van der Waals surface area contributed by atoms with E-state index >= 15 is 0 Å². The van der Waals surface area contributed by atoms with Crippen LogP contribution in [0.4, 0.5) is 10.5 Å². The van der Waals surface area contributed by atoms with Gasteiger partial charge in [-0.1, -0.05) is 24.9 Å². The van der Waals surface area contributed by atoms with Crippen molar-refractivity contribution in [2.24, 2.45) is 0 Å². The van der Waals surface area contributed by atoms with Gasteiger partial charge in [0.05, 0.1) is 13.1 Å². The predicted octanol–water partition coefficient (Wildman–Crippen LogP) is 2.97. The molecule has 0 aromatic heterocycles. The van der Waals surface area contributed by atoms with Gasteiger partial charge >= 0.3 is 6.09 Å². The number of hydrogen-bond donors (Lipinski definition) is 1. The van der Waals surface area contributed by atoms with Gasteiger partial charge in [-0.15, -0.1) is 0 Å². The Morgan fingerprint density at radius 1 is 1.43 bits per heavy atom. The number of rotatable bonds is 6. The van der Waals surface area contributed by atoms with Crippen molar-refractivity contribution in [2.45, 2.75) is 32.3 Å². The van der Waals surface area contributed by atoms with Gasteiger partial charge in [-0.2, -0.15) is 0 Å². The Labute approximate surface area is 129 Å². The third-order valence-corrected chi connectivity index (χ3v) is 3.55. The van der Waals surface area contributed by atoms with Gasteiger partial charge in [0.25, 0.3) is 0 Å². The highest BCUT2D eigenvalue weighted by atomic mass is 35.5. The minimum Gasteiger partial charge on any atom is -0.442 e. The van der Waals surface area contributed by atoms with E-state index in [0.717, 1.165) is 18.5 Å². The highest BCUT2D eigenvalue weighted by Gasteiger charge is 2.32. The summed E-state index contributed by atoms with van der Waals surface area (Å²) in [4.78, 5) is 24.9. The summed E-state index contributed by atoms with van der Waals surface area (Å²) in [6.07, 6.45) is 1.64. The maximum atomic E-state index is 11.8. The maximum absolute atomic E-state index is 11.8. The standard InChI is InChI=1S/C15H19ClN2O3/c1-2-3-4-14(19)17-9-13-10-18(15(20)21-13)12-7-5-11(16)6-8-12/h5-8,13H,2-4,9-10H2,1H3,(H,17,19). The third-order valence-electron chi connectivity index (χ3n) is 3.30. The minimum atomic E-state index is -0.398. The summed E-state index contributed by atoms with van der Waals surface area (Å²) < 4.78 is 5.25. The first kappa shape index (κ1) is 15.6. The first-order chi connectivity index (χ1) is 10.1. The van der Waals surface area contributed by atoms with Crippen LogP contribution in [0.25, 0.3) is 0 Å². The Morgan fingerprint density at radius 3 is 2.81 bits per heavy atom. The lowest BCUT2D eigenvalue weighted by Gasteiger charge is -2.13. The molecule has 0 bridgehead atoms. The highest BCUT2D eigenvalue weighted by molar-refractivity contribution is 6.30. The molecule has 2 amide bonds. The second-order valence-corrected chi connectivity index (χ2v) is 5.44. The average molecular weight is 311 g/mol. The van der Waals surface area contributed by atoms with Gasteiger partial charge in [0.15, 0.2) is 0 Å². The van der Waals surface area contributed by atoms with E-state index in [4.69, 9.17) is 16.3 Å². The van der Waals surface area contributed by atoms with E-state index in [1.54, 1.807) is 29.2 Å². The first-order valence-electron chi connectivity index (χ1n) is 7.10. The summed E-state index contributed by atoms with van der Waals surface area (Å²) in [5.74, 6) is -0.00200. The van der Waals surface area contributed by atoms with Crippen LogP contribution in [0.15, 0.2) is 24.3 Å². The molecule has 1 unspecified atom stereocenters. The smallest absolute Gasteiger partial charge is 0.414 e. The zero-order chi connectivity index (χ0) is 15.2. The number of nitrogens with one attached hydrogen (secondary N) is 1. The van der Waals surface area contributed by atoms with Crippen LogP contribution in [0.5, 0.6) is 0 Å². The molecular weight excluding hydrogens is 292 g/mol. The summed E-state index contributed by atoms with van der Waals surface area (Å²) in [6.45, 7) is 2.81. The monoisotopic (exact) mass is 310 g/mol. The van der Waals surface area contributed by atoms with Crippen molar-refractivity contribution in [2.75, 3.05) is 18.0 Å². The Hall–Kier alpha value is -1.75. The quantitative estimate of drug-likeness (QED) is 0.878. The van der Waals surface area contributed by atoms with Crippen molar-refractivity contribution >= 4 is 29.3 Å². The van der Waals surface area contributed by atoms with E-state index in [-0.39, 0.29) is 12.0 Å². The van der Waals surface area contributed by atoms with Gasteiger partial charge in [-0.05, 0) is 30.7 Å². The summed E-state index contributed by atoms with van der Waals surface area (Å²) in [6, 6.07) is 6.99. The Kier molecular flexibility index (Phi) is 5.44. The molecule has 1 fully saturated rings. The number of amides is 2. The fourth-order valence-corrected chi connectivity index (χ4v) is 2.24. The summed E-state index contributed by atoms with van der Waals surface area (Å²) in [5.41, 5.74) is 0.740. The summed E-state index contributed by atoms with van der Waals surface area (Å²) in [7, 11) is 0. The Bertz CT molecular complexity index is 504. The lowest BCUT2D eigenvalue weighted by molar-refractivity contribution is -0.121. The molecule has 0 saturated carbocycles. The van der Waals surface area contributed by atoms with E-state index in [9.17, 15) is 9.59 Å². The molecule has 1 saturated heterocycles. The fraction of sp³-hybridized carbons (Fsp3) is 0.467. The van der Waals surface area contributed by atoms with Crippen LogP contribution >= 0.6 is 11.6 Å². The van der Waals surface area contributed by atoms with E-state index < -0.39 is 6.09 Å². The van der Waals surface area contributed by atoms with Gasteiger partial charge in [0.1, 0.15) is 6.10 Å². The zero-order valence-electron chi connectivity index (χ0n) is 12.0. The third kappa shape index (κ3) is 4.36. The second kappa shape index (κ2) is 7.31. The van der Waals surface area contributed by atoms with E-state index in [2.05, 4.69) is 5.32 Å². The second-order valence-electron chi connectivity index (χ2n) is 5.00. The zero-order valence-corrected chi connectivity index (χ0v) is 12.7. The molecule has 1 aliphatic rings. The molecule has 0 spiro atoms. The number of halogens is 1. The SMILES string of the molecule is CCCCC(=O)NCC1CN(c2ccc(Cl)cc2)C(=O)O1. The van der Waals surface area contributed by atoms with Crippen molar-refractivity contribution in [3.05, 3.63) is 29.3 Å². The molecule has 6 heteroatoms. The molecule has 1 atom stereocenters. The first-order valence-corrected chi connectivity index (χ1v) is 7.48. The molecule has 114 valence electrons. The van der Waals surface area contributed by atoms with Crippen molar-refractivity contribution in [1.82, 2.24) is 5.32 Å². The van der Waals surface area contributed by atoms with Gasteiger partial charge in [-0.3, -0.25) is 9.69 Å². The van der Waals surface area contributed by atoms with Gasteiger partial charge in [0, 0.05) is 17.1 Å². The van der Waals surface area contributed by atoms with Crippen molar-refractivity contribution in [3.8, 4) is 0 Å². The van der Waals surface area contributed by atoms with Crippen molar-refractivity contribution < 1.29 is 14.3 Å². The molecule has 1 aliphatic heterocycles. The summed E-state index contributed by atoms with van der Waals surface area (Å²) >= 11 is 5.83. The molecule has 2 rings (SSSR count). The van der Waals surface area contributed by atoms with Crippen LogP contribution in [0.3, 0.4) is 0 Å². The predicted molar refractivity (Wildman–Crippen MR) is 81.6 cm³/mol. The van der Waals surface area contributed by atoms with E-state index in [0.29, 0.717) is 24.5 Å². The molecule has 1 heterocycles. The van der Waals surface area contributed by atoms with Crippen LogP contribution in [-0.2, 0) is 9.53 Å². The van der Waals surface area contributed by atoms with E-state index in [1.165, 1.54) is 0 Å². The lowest BCUT2D eigenvalue weighted by atomic mass is 10.2. The molecule has 0 aliphatic carbocycles. The Balaban J connectivity index is 1.85. The number of carbonyl (C=O) groups excluding carboxylic acids is 2. The van der Waals surface area contributed by atoms with Gasteiger partial charge in [0.2, 0.25) is 5.91 Å². The molecule has 1 aromatic carbocycles. The highest BCUT2D eigenvalue weighted by Crippen LogP contribution is 2.23. The number of hydrogen-bond acceptors (Lipinski definition) is 3. The average Bonchev–Trinajstić information content (AvgIpc) is 2.85. The largest absolute Gasteiger partial charge is 0.442 e. The van der Waals surface area contributed by atoms with Crippen LogP contribution in [-0.4, -0.2) is 31.2 Å². The van der Waals surface area contributed by atoms with Crippen LogP contribution < -0.4 is 10.2 Å². The number of cyclic esters (lactones) is 1. The lowest BCUT2D eigenvalue weighted by Crippen LogP contribution is -2.34. The summed E-state index contributed by atoms with van der Waals surface area (Å²) in [5, 5.41) is 3.41. The maximum Gasteiger partial charge on any atom is 0.414 e. The number of unbranched alkanes of at least 4 members (excludes halogenated alkanes) is 1. The number of ether oxygens (including phenoxy) is 1. The topological polar surface area (TPSA) is 58.6 Å². The molecule has 5 nitrogen and oxygen atoms in total. The van der Waals surface area contributed by atoms with Crippen molar-refractivity contribution in [3.63, 3.8) is 0 Å². The number of nitrogens with zero attached hydrogens (tertiary/aromatic N) is 1. The number of anilines is 1. The van der Waals surface area contributed by atoms with Gasteiger partial charge in [-0.25, -0.2) is 4.79 Å².